The van der Waals surface area contributed by atoms with Gasteiger partial charge in [-0.05, 0) is 36.3 Å². The van der Waals surface area contributed by atoms with Gasteiger partial charge in [0.25, 0.3) is 0 Å². The number of hydrogen-bond acceptors (Lipinski definition) is 4. The largest absolute Gasteiger partial charge is 0.465 e. The number of anilines is 1. The first-order valence-electron chi connectivity index (χ1n) is 9.26. The predicted octanol–water partition coefficient (Wildman–Crippen LogP) is 2.68. The van der Waals surface area contributed by atoms with Gasteiger partial charge in [-0.15, -0.1) is 0 Å². The molecular formula is C21H25N3O5S. The minimum Gasteiger partial charge on any atom is -0.465 e. The minimum atomic E-state index is -3.82. The number of nitrogens with one attached hydrogen (secondary N) is 1. The lowest BCUT2D eigenvalue weighted by Gasteiger charge is -2.22. The van der Waals surface area contributed by atoms with E-state index < -0.39 is 16.1 Å². The fraction of sp³-hybridized carbons (Fsp3) is 0.238. The first kappa shape index (κ1) is 23.1. The van der Waals surface area contributed by atoms with Crippen molar-refractivity contribution in [1.29, 1.82) is 0 Å². The quantitative estimate of drug-likeness (QED) is 0.444. The van der Waals surface area contributed by atoms with E-state index in [0.717, 1.165) is 16.5 Å². The maximum atomic E-state index is 12.9. The van der Waals surface area contributed by atoms with Crippen LogP contribution in [0.2, 0.25) is 0 Å². The molecule has 0 aliphatic rings. The van der Waals surface area contributed by atoms with Crippen molar-refractivity contribution in [3.05, 3.63) is 72.8 Å². The molecule has 8 nitrogen and oxygen atoms in total. The highest BCUT2D eigenvalue weighted by atomic mass is 32.2. The topological polar surface area (TPSA) is 107 Å². The van der Waals surface area contributed by atoms with Crippen LogP contribution in [0.15, 0.2) is 72.1 Å². The van der Waals surface area contributed by atoms with Crippen molar-refractivity contribution in [3.8, 4) is 0 Å². The van der Waals surface area contributed by atoms with Crippen LogP contribution in [0.3, 0.4) is 0 Å². The lowest BCUT2D eigenvalue weighted by Crippen LogP contribution is -2.32. The van der Waals surface area contributed by atoms with Gasteiger partial charge >= 0.3 is 6.09 Å². The van der Waals surface area contributed by atoms with Crippen LogP contribution in [0, 0.1) is 0 Å². The fourth-order valence-electron chi connectivity index (χ4n) is 2.73. The molecule has 0 radical (unpaired) electrons. The van der Waals surface area contributed by atoms with E-state index in [2.05, 4.69) is 11.9 Å². The summed E-state index contributed by atoms with van der Waals surface area (Å²) in [5.41, 5.74) is 1.05. The molecule has 0 saturated carbocycles. The molecule has 0 atom stereocenters. The van der Waals surface area contributed by atoms with Crippen molar-refractivity contribution in [3.63, 3.8) is 0 Å². The first-order valence-corrected chi connectivity index (χ1v) is 10.7. The number of benzene rings is 2. The molecule has 160 valence electrons. The molecule has 2 aromatic rings. The molecule has 2 amide bonds. The number of carbonyl (C=O) groups excluding carboxylic acids is 1. The Morgan fingerprint density at radius 1 is 1.13 bits per heavy atom. The second-order valence-corrected chi connectivity index (χ2v) is 8.57. The number of rotatable bonds is 10. The van der Waals surface area contributed by atoms with Crippen LogP contribution in [0.1, 0.15) is 12.0 Å². The van der Waals surface area contributed by atoms with Crippen molar-refractivity contribution in [2.24, 2.45) is 0 Å². The molecule has 0 heterocycles. The van der Waals surface area contributed by atoms with Gasteiger partial charge in [0.15, 0.2) is 0 Å². The van der Waals surface area contributed by atoms with E-state index in [0.29, 0.717) is 13.0 Å². The first-order chi connectivity index (χ1) is 14.3. The van der Waals surface area contributed by atoms with E-state index in [1.54, 1.807) is 18.2 Å². The van der Waals surface area contributed by atoms with E-state index in [9.17, 15) is 23.1 Å². The number of amides is 2. The van der Waals surface area contributed by atoms with Gasteiger partial charge in [-0.1, -0.05) is 43.0 Å². The summed E-state index contributed by atoms with van der Waals surface area (Å²) in [5.74, 6) is -0.319. The molecule has 0 unspecified atom stereocenters. The Kier molecular flexibility index (Phi) is 8.14. The Hall–Kier alpha value is -3.17. The lowest BCUT2D eigenvalue weighted by molar-refractivity contribution is -0.116. The molecule has 9 heteroatoms. The van der Waals surface area contributed by atoms with Gasteiger partial charge in [0.05, 0.1) is 11.4 Å². The highest BCUT2D eigenvalue weighted by molar-refractivity contribution is 7.89. The van der Waals surface area contributed by atoms with Crippen molar-refractivity contribution in [2.75, 3.05) is 25.0 Å². The molecule has 0 saturated heterocycles. The number of carboxylic acid groups (broad SMARTS) is 1. The number of carbonyl (C=O) groups is 2. The summed E-state index contributed by atoms with van der Waals surface area (Å²) in [6.07, 6.45) is 0.388. The van der Waals surface area contributed by atoms with Crippen LogP contribution in [0.5, 0.6) is 0 Å². The summed E-state index contributed by atoms with van der Waals surface area (Å²) in [7, 11) is -2.38. The number of hydrogen-bond donors (Lipinski definition) is 2. The molecule has 2 N–H and O–H groups in total. The summed E-state index contributed by atoms with van der Waals surface area (Å²) < 4.78 is 26.9. The van der Waals surface area contributed by atoms with Gasteiger partial charge in [-0.25, -0.2) is 17.5 Å². The Morgan fingerprint density at radius 3 is 2.47 bits per heavy atom. The highest BCUT2D eigenvalue weighted by Crippen LogP contribution is 2.23. The number of sulfonamides is 1. The Bertz CT molecular complexity index is 993. The zero-order chi connectivity index (χ0) is 22.1. The molecule has 0 aliphatic heterocycles. The van der Waals surface area contributed by atoms with Crippen molar-refractivity contribution < 1.29 is 23.1 Å². The molecule has 2 aromatic carbocycles. The minimum absolute atomic E-state index is 0.00283. The van der Waals surface area contributed by atoms with Crippen molar-refractivity contribution in [2.45, 2.75) is 17.9 Å². The lowest BCUT2D eigenvalue weighted by atomic mass is 10.2. The molecular weight excluding hydrogens is 406 g/mol. The van der Waals surface area contributed by atoms with Gasteiger partial charge in [-0.3, -0.25) is 9.69 Å². The van der Waals surface area contributed by atoms with E-state index in [4.69, 9.17) is 0 Å². The Labute approximate surface area is 176 Å². The molecule has 0 aliphatic carbocycles. The van der Waals surface area contributed by atoms with Gasteiger partial charge in [0, 0.05) is 25.8 Å². The van der Waals surface area contributed by atoms with Crippen LogP contribution in [0.25, 0.3) is 0 Å². The van der Waals surface area contributed by atoms with Crippen LogP contribution >= 0.6 is 0 Å². The van der Waals surface area contributed by atoms with Crippen LogP contribution in [-0.2, 0) is 21.4 Å². The van der Waals surface area contributed by atoms with Crippen LogP contribution in [-0.4, -0.2) is 50.0 Å². The molecule has 30 heavy (non-hydrogen) atoms. The standard InChI is InChI=1S/C21H25N3O5S/c1-3-20(25)22-13-8-14-23(2)30(28,29)19-12-7-11-18(15-19)24(21(26)27)16-17-9-5-4-6-10-17/h3-7,9-12,15H,1,8,13-14,16H2,2H3,(H,22,25)(H,26,27). The second kappa shape index (κ2) is 10.6. The summed E-state index contributed by atoms with van der Waals surface area (Å²) in [5, 5.41) is 12.2. The second-order valence-electron chi connectivity index (χ2n) is 6.53. The van der Waals surface area contributed by atoms with Gasteiger partial charge in [0.1, 0.15) is 0 Å². The smallest absolute Gasteiger partial charge is 0.412 e. The highest BCUT2D eigenvalue weighted by Gasteiger charge is 2.23. The third-order valence-electron chi connectivity index (χ3n) is 4.39. The fourth-order valence-corrected chi connectivity index (χ4v) is 3.98. The van der Waals surface area contributed by atoms with E-state index >= 15 is 0 Å². The van der Waals surface area contributed by atoms with Crippen LogP contribution < -0.4 is 10.2 Å². The number of nitrogens with zero attached hydrogens (tertiary/aromatic N) is 2. The van der Waals surface area contributed by atoms with Crippen molar-refractivity contribution in [1.82, 2.24) is 9.62 Å². The van der Waals surface area contributed by atoms with E-state index in [-0.39, 0.29) is 29.6 Å². The summed E-state index contributed by atoms with van der Waals surface area (Å²) in [6, 6.07) is 14.9. The van der Waals surface area contributed by atoms with Gasteiger partial charge < -0.3 is 10.4 Å². The summed E-state index contributed by atoms with van der Waals surface area (Å²) in [6.45, 7) is 3.95. The third kappa shape index (κ3) is 6.16. The van der Waals surface area contributed by atoms with Crippen molar-refractivity contribution >= 4 is 27.7 Å². The molecule has 0 bridgehead atoms. The maximum absolute atomic E-state index is 12.9. The molecule has 2 rings (SSSR count). The average molecular weight is 432 g/mol. The normalized spacial score (nSPS) is 11.1. The predicted molar refractivity (Wildman–Crippen MR) is 115 cm³/mol. The monoisotopic (exact) mass is 431 g/mol. The summed E-state index contributed by atoms with van der Waals surface area (Å²) >= 11 is 0. The molecule has 0 fully saturated rings. The zero-order valence-electron chi connectivity index (χ0n) is 16.7. The Balaban J connectivity index is 2.15. The average Bonchev–Trinajstić information content (AvgIpc) is 2.75. The van der Waals surface area contributed by atoms with Crippen LogP contribution in [0.4, 0.5) is 10.5 Å². The molecule has 0 spiro atoms. The SMILES string of the molecule is C=CC(=O)NCCCN(C)S(=O)(=O)c1cccc(N(Cc2ccccc2)C(=O)O)c1. The molecule has 0 aromatic heterocycles. The zero-order valence-corrected chi connectivity index (χ0v) is 17.5. The van der Waals surface area contributed by atoms with E-state index in [1.807, 2.05) is 18.2 Å². The summed E-state index contributed by atoms with van der Waals surface area (Å²) in [4.78, 5) is 24.0. The van der Waals surface area contributed by atoms with Gasteiger partial charge in [0.2, 0.25) is 15.9 Å². The van der Waals surface area contributed by atoms with E-state index in [1.165, 1.54) is 29.6 Å². The third-order valence-corrected chi connectivity index (χ3v) is 6.24. The Morgan fingerprint density at radius 2 is 1.83 bits per heavy atom. The maximum Gasteiger partial charge on any atom is 0.412 e. The van der Waals surface area contributed by atoms with Gasteiger partial charge in [-0.2, -0.15) is 0 Å².